The maximum atomic E-state index is 13.3. The van der Waals surface area contributed by atoms with Gasteiger partial charge in [0, 0.05) is 17.5 Å². The van der Waals surface area contributed by atoms with E-state index < -0.39 is 10.6 Å². The van der Waals surface area contributed by atoms with Gasteiger partial charge in [-0.25, -0.2) is 15.0 Å². The van der Waals surface area contributed by atoms with Crippen LogP contribution in [0.4, 0.5) is 0 Å². The molecule has 1 heterocycles. The lowest BCUT2D eigenvalue weighted by atomic mass is 9.67. The zero-order chi connectivity index (χ0) is 34.3. The van der Waals surface area contributed by atoms with Gasteiger partial charge in [-0.05, 0) is 50.6 Å². The van der Waals surface area contributed by atoms with Crippen molar-refractivity contribution in [1.29, 1.82) is 0 Å². The summed E-state index contributed by atoms with van der Waals surface area (Å²) >= 11 is 0. The van der Waals surface area contributed by atoms with E-state index in [-0.39, 0.29) is 8.46 Å². The predicted molar refractivity (Wildman–Crippen MR) is 205 cm³/mol. The van der Waals surface area contributed by atoms with Gasteiger partial charge in [0.2, 0.25) is 0 Å². The molecule has 0 spiro atoms. The molecule has 51 heavy (non-hydrogen) atoms. The first kappa shape index (κ1) is 30.9. The van der Waals surface area contributed by atoms with Gasteiger partial charge in [-0.15, -0.1) is 0 Å². The first-order chi connectivity index (χ1) is 25.2. The second kappa shape index (κ2) is 12.7. The average Bonchev–Trinajstić information content (AvgIpc) is 3.53. The van der Waals surface area contributed by atoms with Crippen molar-refractivity contribution in [3.63, 3.8) is 0 Å². The molecule has 0 fully saturated rings. The zero-order valence-corrected chi connectivity index (χ0v) is 28.6. The Bertz CT molecular complexity index is 2430. The minimum Gasteiger partial charge on any atom is -0.274 e. The molecule has 2 aliphatic carbocycles. The van der Waals surface area contributed by atoms with E-state index in [1.807, 2.05) is 60.7 Å². The maximum Gasteiger partial charge on any atom is 0.174 e. The molecule has 0 N–H and O–H groups in total. The molecule has 1 unspecified atom stereocenters. The monoisotopic (exact) mass is 673 g/mol. The largest absolute Gasteiger partial charge is 0.274 e. The van der Waals surface area contributed by atoms with Crippen LogP contribution in [-0.4, -0.2) is 15.0 Å². The van der Waals surface area contributed by atoms with Crippen LogP contribution < -0.4 is 0 Å². The molecule has 2 aliphatic rings. The molecule has 6 aromatic carbocycles. The fraction of sp³-hybridized carbons (Fsp3) is 0.0652. The molecule has 242 valence electrons. The second-order valence-electron chi connectivity index (χ2n) is 13.1. The molecule has 7 aromatic rings. The summed E-state index contributed by atoms with van der Waals surface area (Å²) in [4.78, 5) is 15.3. The quantitative estimate of drug-likeness (QED) is 0.158. The first-order valence-electron chi connectivity index (χ1n) is 17.2. The molecular weight excluding hydrogens is 642 g/mol. The van der Waals surface area contributed by atoms with E-state index >= 15 is 0 Å². The minimum atomic E-state index is -0.965. The van der Waals surface area contributed by atoms with Crippen molar-refractivity contribution in [3.05, 3.63) is 216 Å². The van der Waals surface area contributed by atoms with Gasteiger partial charge in [0.25, 0.3) is 0 Å². The number of nitrogens with zero attached hydrogens (tertiary/aromatic N) is 3. The summed E-state index contributed by atoms with van der Waals surface area (Å²) in [6.45, 7) is 0. The van der Waals surface area contributed by atoms with E-state index in [4.69, 9.17) is 15.0 Å². The van der Waals surface area contributed by atoms with Crippen molar-refractivity contribution >= 4 is 14.0 Å². The van der Waals surface area contributed by atoms with E-state index in [2.05, 4.69) is 121 Å². The van der Waals surface area contributed by atoms with E-state index in [0.717, 1.165) is 27.8 Å². The number of allylic oxidation sites excluding steroid dienone is 4. The van der Waals surface area contributed by atoms with Crippen LogP contribution in [0.5, 0.6) is 0 Å². The molecule has 4 nitrogen and oxygen atoms in total. The Kier molecular flexibility index (Phi) is 7.68. The molecule has 5 heteroatoms. The SMILES string of the molecule is O=PC1(c2nc(-c3ccccc3)nc(-c3cccc(C4(c5ccccc5)c5ccccc5-c5ccccc54)c3)n2)C=CC=C(c2ccccc2)C1. The van der Waals surface area contributed by atoms with Crippen LogP contribution in [0.3, 0.4) is 0 Å². The van der Waals surface area contributed by atoms with Crippen molar-refractivity contribution < 1.29 is 4.57 Å². The Morgan fingerprint density at radius 2 is 1.04 bits per heavy atom. The van der Waals surface area contributed by atoms with Gasteiger partial charge in [0.05, 0.1) is 5.41 Å². The fourth-order valence-corrected chi connectivity index (χ4v) is 8.42. The molecular formula is C46H32N3OP. The molecule has 0 amide bonds. The topological polar surface area (TPSA) is 55.7 Å². The van der Waals surface area contributed by atoms with Crippen molar-refractivity contribution in [2.75, 3.05) is 0 Å². The molecule has 0 saturated carbocycles. The van der Waals surface area contributed by atoms with Crippen LogP contribution in [-0.2, 0) is 15.1 Å². The summed E-state index contributed by atoms with van der Waals surface area (Å²) in [5.41, 5.74) is 10.6. The van der Waals surface area contributed by atoms with Crippen LogP contribution in [0.1, 0.15) is 40.1 Å². The van der Waals surface area contributed by atoms with Crippen molar-refractivity contribution in [2.45, 2.75) is 17.0 Å². The number of hydrogen-bond donors (Lipinski definition) is 0. The van der Waals surface area contributed by atoms with E-state index in [1.165, 1.54) is 27.8 Å². The van der Waals surface area contributed by atoms with E-state index in [0.29, 0.717) is 23.9 Å². The third-order valence-electron chi connectivity index (χ3n) is 10.2. The van der Waals surface area contributed by atoms with E-state index in [1.54, 1.807) is 0 Å². The summed E-state index contributed by atoms with van der Waals surface area (Å²) in [6, 6.07) is 57.0. The summed E-state index contributed by atoms with van der Waals surface area (Å²) in [5, 5.41) is -0.965. The standard InChI is InChI=1S/C46H32N3OP/c50-51-45(29-15-21-35(31-45)32-16-4-1-5-17-32)44-48-42(33-18-6-2-7-19-33)47-43(49-44)34-20-14-24-37(30-34)46(36-22-8-3-9-23-36)40-27-12-10-25-38(40)39-26-11-13-28-41(39)46/h1-30H,31H2. The molecule has 0 radical (unpaired) electrons. The van der Waals surface area contributed by atoms with Gasteiger partial charge in [0.1, 0.15) is 5.16 Å². The highest BCUT2D eigenvalue weighted by Gasteiger charge is 2.46. The van der Waals surface area contributed by atoms with Crippen LogP contribution in [0, 0.1) is 0 Å². The van der Waals surface area contributed by atoms with Crippen molar-refractivity contribution in [2.24, 2.45) is 0 Å². The van der Waals surface area contributed by atoms with Gasteiger partial charge >= 0.3 is 0 Å². The number of aromatic nitrogens is 3. The molecule has 1 aromatic heterocycles. The zero-order valence-electron chi connectivity index (χ0n) is 27.7. The van der Waals surface area contributed by atoms with Gasteiger partial charge in [-0.2, -0.15) is 0 Å². The maximum absolute atomic E-state index is 13.3. The third-order valence-corrected chi connectivity index (χ3v) is 11.0. The number of benzene rings is 6. The average molecular weight is 674 g/mol. The number of hydrogen-bond acceptors (Lipinski definition) is 4. The van der Waals surface area contributed by atoms with Gasteiger partial charge in [-0.1, -0.05) is 176 Å². The summed E-state index contributed by atoms with van der Waals surface area (Å²) in [6.07, 6.45) is 6.51. The van der Waals surface area contributed by atoms with Crippen LogP contribution in [0.25, 0.3) is 39.5 Å². The number of fused-ring (bicyclic) bond motifs is 3. The normalized spacial score (nSPS) is 17.1. The second-order valence-corrected chi connectivity index (χ2v) is 14.1. The smallest absolute Gasteiger partial charge is 0.174 e. The number of rotatable bonds is 7. The first-order valence-corrected chi connectivity index (χ1v) is 18.0. The molecule has 0 aliphatic heterocycles. The molecule has 1 atom stereocenters. The summed E-state index contributed by atoms with van der Waals surface area (Å²) in [5.74, 6) is 1.55. The lowest BCUT2D eigenvalue weighted by Gasteiger charge is -2.34. The lowest BCUT2D eigenvalue weighted by molar-refractivity contribution is 0.571. The van der Waals surface area contributed by atoms with Gasteiger partial charge in [-0.3, -0.25) is 4.57 Å². The van der Waals surface area contributed by atoms with Gasteiger partial charge < -0.3 is 0 Å². The highest BCUT2D eigenvalue weighted by Crippen LogP contribution is 2.56. The Morgan fingerprint density at radius 3 is 1.69 bits per heavy atom. The lowest BCUT2D eigenvalue weighted by Crippen LogP contribution is -2.28. The van der Waals surface area contributed by atoms with E-state index in [9.17, 15) is 4.57 Å². The predicted octanol–water partition coefficient (Wildman–Crippen LogP) is 11.1. The Hall–Kier alpha value is -6.09. The Balaban J connectivity index is 1.25. The van der Waals surface area contributed by atoms with Crippen LogP contribution in [0.15, 0.2) is 182 Å². The highest BCUT2D eigenvalue weighted by atomic mass is 31.1. The minimum absolute atomic E-state index is 0.0862. The molecule has 0 bridgehead atoms. The van der Waals surface area contributed by atoms with Crippen LogP contribution >= 0.6 is 8.46 Å². The highest BCUT2D eigenvalue weighted by molar-refractivity contribution is 7.25. The molecule has 9 rings (SSSR count). The fourth-order valence-electron chi connectivity index (χ4n) is 7.86. The summed E-state index contributed by atoms with van der Waals surface area (Å²) < 4.78 is 13.3. The van der Waals surface area contributed by atoms with Crippen LogP contribution in [0.2, 0.25) is 0 Å². The Labute approximate surface area is 299 Å². The Morgan fingerprint density at radius 1 is 0.510 bits per heavy atom. The van der Waals surface area contributed by atoms with Crippen molar-refractivity contribution in [3.8, 4) is 33.9 Å². The molecule has 0 saturated heterocycles. The van der Waals surface area contributed by atoms with Gasteiger partial charge in [0.15, 0.2) is 25.9 Å². The summed E-state index contributed by atoms with van der Waals surface area (Å²) in [7, 11) is -0.0862. The third kappa shape index (κ3) is 5.11. The van der Waals surface area contributed by atoms with Crippen molar-refractivity contribution in [1.82, 2.24) is 15.0 Å².